The third kappa shape index (κ3) is 6.72. The summed E-state index contributed by atoms with van der Waals surface area (Å²) >= 11 is 3.39. The fourth-order valence-corrected chi connectivity index (χ4v) is 3.43. The van der Waals surface area contributed by atoms with Crippen LogP contribution in [-0.4, -0.2) is 30.9 Å². The molecule has 0 bridgehead atoms. The topological polar surface area (TPSA) is 80.2 Å². The van der Waals surface area contributed by atoms with E-state index in [2.05, 4.69) is 26.5 Å². The number of carbonyl (C=O) groups excluding carboxylic acids is 1. The molecule has 0 aliphatic rings. The van der Waals surface area contributed by atoms with E-state index in [0.29, 0.717) is 21.7 Å². The molecule has 2 aromatic carbocycles. The van der Waals surface area contributed by atoms with Gasteiger partial charge in [0.25, 0.3) is 5.91 Å². The molecule has 0 aliphatic heterocycles. The van der Waals surface area contributed by atoms with Gasteiger partial charge in [-0.2, -0.15) is 5.10 Å². The number of nitrogens with zero attached hydrogens (tertiary/aromatic N) is 1. The van der Waals surface area contributed by atoms with E-state index in [1.165, 1.54) is 0 Å². The summed E-state index contributed by atoms with van der Waals surface area (Å²) in [6.45, 7) is 12.1. The summed E-state index contributed by atoms with van der Waals surface area (Å²) in [7, 11) is 1.58. The Kier molecular flexibility index (Phi) is 7.76. The maximum absolute atomic E-state index is 12.1. The molecule has 6 nitrogen and oxygen atoms in total. The van der Waals surface area contributed by atoms with Crippen molar-refractivity contribution >= 4 is 28.1 Å². The van der Waals surface area contributed by atoms with Gasteiger partial charge in [-0.15, -0.1) is 0 Å². The first-order chi connectivity index (χ1) is 14.3. The monoisotopic (exact) mass is 490 g/mol. The number of benzene rings is 2. The van der Waals surface area contributed by atoms with E-state index in [-0.39, 0.29) is 23.3 Å². The van der Waals surface area contributed by atoms with Gasteiger partial charge in [0.05, 0.1) is 17.8 Å². The largest absolute Gasteiger partial charge is 0.507 e. The Labute approximate surface area is 192 Å². The highest BCUT2D eigenvalue weighted by atomic mass is 79.9. The quantitative estimate of drug-likeness (QED) is 0.425. The van der Waals surface area contributed by atoms with Crippen molar-refractivity contribution in [2.24, 2.45) is 5.10 Å². The molecular weight excluding hydrogens is 460 g/mol. The van der Waals surface area contributed by atoms with E-state index < -0.39 is 0 Å². The summed E-state index contributed by atoms with van der Waals surface area (Å²) in [5, 5.41) is 14.9. The summed E-state index contributed by atoms with van der Waals surface area (Å²) in [6.07, 6.45) is 1.57. The second-order valence-electron chi connectivity index (χ2n) is 9.34. The van der Waals surface area contributed by atoms with Crippen LogP contribution in [0.25, 0.3) is 0 Å². The van der Waals surface area contributed by atoms with Crippen LogP contribution in [0.4, 0.5) is 0 Å². The van der Waals surface area contributed by atoms with Gasteiger partial charge in [0.1, 0.15) is 17.2 Å². The van der Waals surface area contributed by atoms with Gasteiger partial charge in [-0.05, 0) is 62.7 Å². The predicted octanol–water partition coefficient (Wildman–Crippen LogP) is 5.29. The Hall–Kier alpha value is -2.54. The zero-order chi connectivity index (χ0) is 23.4. The van der Waals surface area contributed by atoms with Crippen molar-refractivity contribution in [3.05, 3.63) is 51.5 Å². The summed E-state index contributed by atoms with van der Waals surface area (Å²) in [5.41, 5.74) is 4.46. The van der Waals surface area contributed by atoms with E-state index in [1.807, 2.05) is 53.7 Å². The number of hydrogen-bond acceptors (Lipinski definition) is 5. The number of amides is 1. The highest BCUT2D eigenvalue weighted by Gasteiger charge is 2.26. The first-order valence-corrected chi connectivity index (χ1v) is 10.8. The van der Waals surface area contributed by atoms with Crippen molar-refractivity contribution in [2.45, 2.75) is 52.4 Å². The van der Waals surface area contributed by atoms with Crippen molar-refractivity contribution in [1.29, 1.82) is 0 Å². The lowest BCUT2D eigenvalue weighted by Gasteiger charge is -2.27. The number of hydrogen-bond donors (Lipinski definition) is 2. The predicted molar refractivity (Wildman–Crippen MR) is 127 cm³/mol. The maximum atomic E-state index is 12.1. The second kappa shape index (κ2) is 9.73. The first kappa shape index (κ1) is 24.7. The first-order valence-electron chi connectivity index (χ1n) is 9.99. The van der Waals surface area contributed by atoms with Crippen LogP contribution in [0, 0.1) is 0 Å². The van der Waals surface area contributed by atoms with Gasteiger partial charge in [0.15, 0.2) is 6.61 Å². The fraction of sp³-hybridized carbons (Fsp3) is 0.417. The van der Waals surface area contributed by atoms with Crippen LogP contribution in [0.3, 0.4) is 0 Å². The van der Waals surface area contributed by atoms with Crippen molar-refractivity contribution in [3.63, 3.8) is 0 Å². The summed E-state index contributed by atoms with van der Waals surface area (Å²) in [4.78, 5) is 12.1. The molecular formula is C24H31BrN2O4. The highest BCUT2D eigenvalue weighted by molar-refractivity contribution is 9.10. The summed E-state index contributed by atoms with van der Waals surface area (Å²) in [6, 6.07) is 9.02. The van der Waals surface area contributed by atoms with Gasteiger partial charge in [0.2, 0.25) is 0 Å². The Morgan fingerprint density at radius 3 is 2.16 bits per heavy atom. The minimum atomic E-state index is -0.384. The lowest BCUT2D eigenvalue weighted by Crippen LogP contribution is -2.24. The van der Waals surface area contributed by atoms with Gasteiger partial charge in [-0.1, -0.05) is 41.5 Å². The standard InChI is InChI=1S/C24H31BrN2O4/c1-23(2,3)17-10-15(11-18(22(17)29)24(4,5)6)13-26-27-21(28)14-31-20-9-8-16(30-7)12-19(20)25/h8-13,29H,14H2,1-7H3,(H,27,28). The molecule has 0 saturated carbocycles. The number of phenols is 1. The number of methoxy groups -OCH3 is 1. The molecule has 2 aromatic rings. The molecule has 0 aliphatic carbocycles. The lowest BCUT2D eigenvalue weighted by atomic mass is 9.78. The molecule has 0 saturated heterocycles. The number of rotatable bonds is 6. The number of carbonyl (C=O) groups is 1. The minimum absolute atomic E-state index is 0.182. The molecule has 1 amide bonds. The molecule has 0 spiro atoms. The molecule has 0 fully saturated rings. The van der Waals surface area contributed by atoms with Crippen molar-refractivity contribution < 1.29 is 19.4 Å². The molecule has 0 radical (unpaired) electrons. The van der Waals surface area contributed by atoms with Gasteiger partial charge in [-0.3, -0.25) is 4.79 Å². The number of phenolic OH excluding ortho intramolecular Hbond substituents is 1. The number of hydrazone groups is 1. The van der Waals surface area contributed by atoms with Crippen LogP contribution in [-0.2, 0) is 15.6 Å². The number of halogens is 1. The fourth-order valence-electron chi connectivity index (χ4n) is 2.95. The highest BCUT2D eigenvalue weighted by Crippen LogP contribution is 2.39. The Morgan fingerprint density at radius 2 is 1.68 bits per heavy atom. The third-order valence-corrected chi connectivity index (χ3v) is 5.27. The van der Waals surface area contributed by atoms with Gasteiger partial charge in [-0.25, -0.2) is 5.43 Å². The molecule has 0 unspecified atom stereocenters. The number of ether oxygens (including phenoxy) is 2. The molecule has 0 atom stereocenters. The van der Waals surface area contributed by atoms with Gasteiger partial charge >= 0.3 is 0 Å². The van der Waals surface area contributed by atoms with E-state index in [1.54, 1.807) is 31.5 Å². The zero-order valence-electron chi connectivity index (χ0n) is 19.2. The van der Waals surface area contributed by atoms with Gasteiger partial charge < -0.3 is 14.6 Å². The normalized spacial score (nSPS) is 12.1. The van der Waals surface area contributed by atoms with Crippen molar-refractivity contribution in [3.8, 4) is 17.2 Å². The minimum Gasteiger partial charge on any atom is -0.507 e. The number of aromatic hydroxyl groups is 1. The SMILES string of the molecule is COc1ccc(OCC(=O)NN=Cc2cc(C(C)(C)C)c(O)c(C(C)(C)C)c2)c(Br)c1. The molecule has 7 heteroatoms. The zero-order valence-corrected chi connectivity index (χ0v) is 20.8. The lowest BCUT2D eigenvalue weighted by molar-refractivity contribution is -0.123. The van der Waals surface area contributed by atoms with Crippen molar-refractivity contribution in [2.75, 3.05) is 13.7 Å². The molecule has 0 aromatic heterocycles. The third-order valence-electron chi connectivity index (χ3n) is 4.65. The van der Waals surface area contributed by atoms with E-state index >= 15 is 0 Å². The molecule has 2 rings (SSSR count). The van der Waals surface area contributed by atoms with E-state index in [0.717, 1.165) is 16.7 Å². The van der Waals surface area contributed by atoms with Crippen LogP contribution in [0.1, 0.15) is 58.2 Å². The Bertz CT molecular complexity index is 938. The Balaban J connectivity index is 2.10. The van der Waals surface area contributed by atoms with Crippen LogP contribution in [0.5, 0.6) is 17.2 Å². The molecule has 168 valence electrons. The smallest absolute Gasteiger partial charge is 0.277 e. The van der Waals surface area contributed by atoms with Crippen LogP contribution in [0.15, 0.2) is 39.9 Å². The number of nitrogens with one attached hydrogen (secondary N) is 1. The molecule has 2 N–H and O–H groups in total. The van der Waals surface area contributed by atoms with Crippen LogP contribution in [0.2, 0.25) is 0 Å². The average Bonchev–Trinajstić information content (AvgIpc) is 2.66. The summed E-state index contributed by atoms with van der Waals surface area (Å²) < 4.78 is 11.4. The average molecular weight is 491 g/mol. The van der Waals surface area contributed by atoms with Crippen LogP contribution < -0.4 is 14.9 Å². The van der Waals surface area contributed by atoms with E-state index in [4.69, 9.17) is 9.47 Å². The van der Waals surface area contributed by atoms with Crippen molar-refractivity contribution in [1.82, 2.24) is 5.43 Å². The van der Waals surface area contributed by atoms with Crippen LogP contribution >= 0.6 is 15.9 Å². The van der Waals surface area contributed by atoms with Gasteiger partial charge in [0, 0.05) is 11.1 Å². The second-order valence-corrected chi connectivity index (χ2v) is 10.2. The summed E-state index contributed by atoms with van der Waals surface area (Å²) in [5.74, 6) is 1.14. The molecule has 31 heavy (non-hydrogen) atoms. The Morgan fingerprint density at radius 1 is 1.10 bits per heavy atom. The molecule has 0 heterocycles. The maximum Gasteiger partial charge on any atom is 0.277 e. The van der Waals surface area contributed by atoms with E-state index in [9.17, 15) is 9.90 Å².